The average Bonchev–Trinajstić information content (AvgIpc) is 3.09. The van der Waals surface area contributed by atoms with E-state index >= 15 is 0 Å². The first-order chi connectivity index (χ1) is 16.8. The van der Waals surface area contributed by atoms with Gasteiger partial charge in [-0.3, -0.25) is 19.3 Å². The molecule has 0 unspecified atom stereocenters. The molecule has 1 saturated heterocycles. The second-order valence-electron chi connectivity index (χ2n) is 7.72. The van der Waals surface area contributed by atoms with Crippen molar-refractivity contribution < 1.29 is 23.5 Å². The largest absolute Gasteiger partial charge is 0.489 e. The number of hydrogen-bond donors (Lipinski definition) is 1. The van der Waals surface area contributed by atoms with Crippen molar-refractivity contribution in [2.45, 2.75) is 13.5 Å². The molecule has 0 spiro atoms. The van der Waals surface area contributed by atoms with Gasteiger partial charge in [-0.15, -0.1) is 0 Å². The molecule has 1 aliphatic rings. The van der Waals surface area contributed by atoms with Gasteiger partial charge in [-0.05, 0) is 66.2 Å². The Labute approximate surface area is 210 Å². The summed E-state index contributed by atoms with van der Waals surface area (Å²) in [4.78, 5) is 38.7. The molecule has 4 rings (SSSR count). The quantitative estimate of drug-likeness (QED) is 0.392. The van der Waals surface area contributed by atoms with E-state index in [0.717, 1.165) is 22.2 Å². The van der Waals surface area contributed by atoms with Gasteiger partial charge < -0.3 is 10.1 Å². The van der Waals surface area contributed by atoms with Crippen LogP contribution in [0.4, 0.5) is 14.9 Å². The average molecular weight is 511 g/mol. The molecule has 1 fully saturated rings. The summed E-state index contributed by atoms with van der Waals surface area (Å²) in [6.45, 7) is 1.49. The van der Waals surface area contributed by atoms with Crippen LogP contribution in [0.25, 0.3) is 6.08 Å². The topological polar surface area (TPSA) is 75.7 Å². The van der Waals surface area contributed by atoms with Crippen LogP contribution in [0, 0.1) is 12.7 Å². The maximum atomic E-state index is 13.7. The molecule has 0 atom stereocenters. The zero-order valence-electron chi connectivity index (χ0n) is 18.6. The monoisotopic (exact) mass is 510 g/mol. The van der Waals surface area contributed by atoms with Gasteiger partial charge in [0.2, 0.25) is 5.91 Å². The molecular weight excluding hydrogens is 491 g/mol. The summed E-state index contributed by atoms with van der Waals surface area (Å²) < 4.78 is 19.3. The van der Waals surface area contributed by atoms with Crippen molar-refractivity contribution in [1.82, 2.24) is 4.90 Å². The van der Waals surface area contributed by atoms with E-state index in [1.165, 1.54) is 6.07 Å². The van der Waals surface area contributed by atoms with Crippen LogP contribution in [-0.2, 0) is 16.2 Å². The first-order valence-electron chi connectivity index (χ1n) is 10.6. The van der Waals surface area contributed by atoms with Gasteiger partial charge in [-0.1, -0.05) is 48.0 Å². The van der Waals surface area contributed by atoms with Gasteiger partial charge in [0, 0.05) is 16.3 Å². The maximum Gasteiger partial charge on any atom is 0.294 e. The number of anilines is 1. The van der Waals surface area contributed by atoms with E-state index in [0.29, 0.717) is 27.6 Å². The number of carbonyl (C=O) groups excluding carboxylic acids is 3. The summed E-state index contributed by atoms with van der Waals surface area (Å²) in [6, 6.07) is 18.3. The smallest absolute Gasteiger partial charge is 0.294 e. The molecule has 0 aromatic heterocycles. The van der Waals surface area contributed by atoms with Crippen LogP contribution in [0.1, 0.15) is 16.7 Å². The number of amides is 3. The van der Waals surface area contributed by atoms with Crippen LogP contribution in [0.15, 0.2) is 71.6 Å². The molecule has 3 amide bonds. The Morgan fingerprint density at radius 1 is 1.11 bits per heavy atom. The molecule has 0 bridgehead atoms. The van der Waals surface area contributed by atoms with Gasteiger partial charge in [0.05, 0.1) is 4.91 Å². The first kappa shape index (κ1) is 24.5. The van der Waals surface area contributed by atoms with E-state index in [2.05, 4.69) is 5.32 Å². The Morgan fingerprint density at radius 2 is 1.86 bits per heavy atom. The molecule has 1 aliphatic heterocycles. The Bertz CT molecular complexity index is 1330. The summed E-state index contributed by atoms with van der Waals surface area (Å²) in [5.74, 6) is -0.851. The number of imide groups is 1. The number of aryl methyl sites for hydroxylation is 1. The zero-order chi connectivity index (χ0) is 24.9. The lowest BCUT2D eigenvalue weighted by molar-refractivity contribution is -0.127. The van der Waals surface area contributed by atoms with Gasteiger partial charge in [0.15, 0.2) is 0 Å². The summed E-state index contributed by atoms with van der Waals surface area (Å²) in [5.41, 5.74) is 2.44. The highest BCUT2D eigenvalue weighted by atomic mass is 35.5. The van der Waals surface area contributed by atoms with E-state index in [-0.39, 0.29) is 17.3 Å². The number of halogens is 2. The Kier molecular flexibility index (Phi) is 7.53. The highest BCUT2D eigenvalue weighted by Crippen LogP contribution is 2.32. The van der Waals surface area contributed by atoms with Crippen LogP contribution in [0.2, 0.25) is 5.02 Å². The predicted octanol–water partition coefficient (Wildman–Crippen LogP) is 6.04. The summed E-state index contributed by atoms with van der Waals surface area (Å²) in [7, 11) is 0. The van der Waals surface area contributed by atoms with Crippen LogP contribution < -0.4 is 10.1 Å². The molecule has 0 saturated carbocycles. The van der Waals surface area contributed by atoms with Crippen molar-refractivity contribution in [3.05, 3.63) is 99.2 Å². The Morgan fingerprint density at radius 3 is 2.60 bits per heavy atom. The molecule has 3 aromatic carbocycles. The lowest BCUT2D eigenvalue weighted by Crippen LogP contribution is -2.36. The maximum absolute atomic E-state index is 13.7. The fourth-order valence-electron chi connectivity index (χ4n) is 3.29. The fraction of sp³-hybridized carbons (Fsp3) is 0.115. The molecule has 9 heteroatoms. The lowest BCUT2D eigenvalue weighted by Gasteiger charge is -2.13. The number of hydrogen-bond acceptors (Lipinski definition) is 5. The SMILES string of the molecule is Cc1ccc(Cl)cc1NC(=O)CN1C(=O)S/C(=C/c2ccc(OCc3ccccc3F)cc2)C1=O. The standard InChI is InChI=1S/C26H20ClFN2O4S/c1-16-6-9-19(27)13-22(16)29-24(31)14-30-25(32)23(35-26(30)33)12-17-7-10-20(11-8-17)34-15-18-4-2-3-5-21(18)28/h2-13H,14-15H2,1H3,(H,29,31)/b23-12+. The molecule has 178 valence electrons. The van der Waals surface area contributed by atoms with Gasteiger partial charge in [-0.2, -0.15) is 0 Å². The Balaban J connectivity index is 1.37. The number of ether oxygens (including phenoxy) is 1. The summed E-state index contributed by atoms with van der Waals surface area (Å²) in [5, 5.41) is 2.62. The highest BCUT2D eigenvalue weighted by molar-refractivity contribution is 8.18. The molecule has 1 heterocycles. The van der Waals surface area contributed by atoms with Gasteiger partial charge in [0.1, 0.15) is 24.7 Å². The minimum atomic E-state index is -0.544. The third kappa shape index (κ3) is 6.09. The number of nitrogens with one attached hydrogen (secondary N) is 1. The zero-order valence-corrected chi connectivity index (χ0v) is 20.2. The molecule has 1 N–H and O–H groups in total. The predicted molar refractivity (Wildman–Crippen MR) is 135 cm³/mol. The third-order valence-electron chi connectivity index (χ3n) is 5.18. The van der Waals surface area contributed by atoms with E-state index in [1.807, 2.05) is 6.92 Å². The van der Waals surface area contributed by atoms with Gasteiger partial charge >= 0.3 is 0 Å². The van der Waals surface area contributed by atoms with Crippen molar-refractivity contribution in [3.8, 4) is 5.75 Å². The minimum absolute atomic E-state index is 0.0850. The molecule has 0 aliphatic carbocycles. The Hall–Kier alpha value is -3.62. The fourth-order valence-corrected chi connectivity index (χ4v) is 4.30. The molecule has 3 aromatic rings. The number of benzene rings is 3. The number of thioether (sulfide) groups is 1. The van der Waals surface area contributed by atoms with Gasteiger partial charge in [-0.25, -0.2) is 4.39 Å². The van der Waals surface area contributed by atoms with Crippen LogP contribution in [0.3, 0.4) is 0 Å². The van der Waals surface area contributed by atoms with Crippen molar-refractivity contribution in [3.63, 3.8) is 0 Å². The van der Waals surface area contributed by atoms with Crippen LogP contribution in [0.5, 0.6) is 5.75 Å². The van der Waals surface area contributed by atoms with Crippen molar-refractivity contribution in [1.29, 1.82) is 0 Å². The van der Waals surface area contributed by atoms with Crippen molar-refractivity contribution in [2.24, 2.45) is 0 Å². The van der Waals surface area contributed by atoms with Crippen molar-refractivity contribution in [2.75, 3.05) is 11.9 Å². The second-order valence-corrected chi connectivity index (χ2v) is 9.15. The second kappa shape index (κ2) is 10.8. The van der Waals surface area contributed by atoms with E-state index in [9.17, 15) is 18.8 Å². The summed E-state index contributed by atoms with van der Waals surface area (Å²) >= 11 is 6.74. The van der Waals surface area contributed by atoms with Crippen LogP contribution >= 0.6 is 23.4 Å². The van der Waals surface area contributed by atoms with Gasteiger partial charge in [0.25, 0.3) is 11.1 Å². The highest BCUT2D eigenvalue weighted by Gasteiger charge is 2.36. The molecular formula is C26H20ClFN2O4S. The number of rotatable bonds is 7. The first-order valence-corrected chi connectivity index (χ1v) is 11.8. The van der Waals surface area contributed by atoms with E-state index in [4.69, 9.17) is 16.3 Å². The molecule has 6 nitrogen and oxygen atoms in total. The third-order valence-corrected chi connectivity index (χ3v) is 6.32. The number of carbonyl (C=O) groups is 3. The lowest BCUT2D eigenvalue weighted by atomic mass is 10.2. The molecule has 35 heavy (non-hydrogen) atoms. The minimum Gasteiger partial charge on any atom is -0.489 e. The van der Waals surface area contributed by atoms with Crippen LogP contribution in [-0.4, -0.2) is 28.5 Å². The van der Waals surface area contributed by atoms with Crippen molar-refractivity contribution >= 4 is 52.2 Å². The van der Waals surface area contributed by atoms with E-state index in [1.54, 1.807) is 66.7 Å². The normalized spacial score (nSPS) is 14.5. The number of nitrogens with zero attached hydrogens (tertiary/aromatic N) is 1. The molecule has 0 radical (unpaired) electrons. The van der Waals surface area contributed by atoms with E-state index < -0.39 is 23.6 Å². The summed E-state index contributed by atoms with van der Waals surface area (Å²) in [6.07, 6.45) is 1.57.